The largest absolute Gasteiger partial charge is 0.326 e. The van der Waals surface area contributed by atoms with Gasteiger partial charge in [-0.05, 0) is 37.3 Å². The highest BCUT2D eigenvalue weighted by molar-refractivity contribution is 7.92. The van der Waals surface area contributed by atoms with Crippen molar-refractivity contribution in [2.24, 2.45) is 0 Å². The van der Waals surface area contributed by atoms with Crippen LogP contribution in [0.15, 0.2) is 53.8 Å². The number of nitro groups is 1. The highest BCUT2D eigenvalue weighted by atomic mass is 32.2. The molecule has 0 saturated carbocycles. The van der Waals surface area contributed by atoms with Gasteiger partial charge in [-0.25, -0.2) is 23.1 Å². The van der Waals surface area contributed by atoms with Crippen LogP contribution in [0, 0.1) is 17.0 Å². The third-order valence-electron chi connectivity index (χ3n) is 4.06. The maximum absolute atomic E-state index is 12.3. The van der Waals surface area contributed by atoms with Crippen LogP contribution in [0.3, 0.4) is 0 Å². The molecule has 0 saturated heterocycles. The lowest BCUT2D eigenvalue weighted by molar-refractivity contribution is -0.385. The number of benzene rings is 1. The summed E-state index contributed by atoms with van der Waals surface area (Å²) < 4.78 is 28.3. The van der Waals surface area contributed by atoms with Gasteiger partial charge < -0.3 is 5.32 Å². The number of rotatable bonds is 8. The summed E-state index contributed by atoms with van der Waals surface area (Å²) in [5.74, 6) is -0.400. The monoisotopic (exact) mass is 431 g/mol. The smallest absolute Gasteiger partial charge is 0.309 e. The molecular formula is C17H17N7O5S. The fourth-order valence-corrected chi connectivity index (χ4v) is 3.48. The maximum Gasteiger partial charge on any atom is 0.309 e. The molecule has 0 fully saturated rings. The summed E-state index contributed by atoms with van der Waals surface area (Å²) in [5, 5.41) is 17.4. The quantitative estimate of drug-likeness (QED) is 0.402. The summed E-state index contributed by atoms with van der Waals surface area (Å²) in [6, 6.07) is 7.12. The Morgan fingerprint density at radius 2 is 1.87 bits per heavy atom. The molecule has 12 nitrogen and oxygen atoms in total. The third kappa shape index (κ3) is 4.94. The molecule has 0 atom stereocenters. The fourth-order valence-electron chi connectivity index (χ4n) is 2.52. The molecule has 2 aromatic heterocycles. The van der Waals surface area contributed by atoms with Crippen molar-refractivity contribution in [3.8, 4) is 0 Å². The van der Waals surface area contributed by atoms with Gasteiger partial charge in [0, 0.05) is 24.5 Å². The van der Waals surface area contributed by atoms with E-state index in [-0.39, 0.29) is 35.4 Å². The minimum absolute atomic E-state index is 0.0209. The Labute approximate surface area is 171 Å². The molecule has 156 valence electrons. The zero-order chi connectivity index (χ0) is 21.7. The van der Waals surface area contributed by atoms with Gasteiger partial charge in [-0.15, -0.1) is 0 Å². The number of sulfonamides is 1. The third-order valence-corrected chi connectivity index (χ3v) is 5.41. The van der Waals surface area contributed by atoms with Crippen molar-refractivity contribution >= 4 is 33.3 Å². The Balaban J connectivity index is 1.58. The molecule has 13 heteroatoms. The molecule has 1 aromatic carbocycles. The lowest BCUT2D eigenvalue weighted by Crippen LogP contribution is -2.16. The average molecular weight is 431 g/mol. The molecule has 0 radical (unpaired) electrons. The van der Waals surface area contributed by atoms with Gasteiger partial charge in [0.1, 0.15) is 11.9 Å². The number of carbonyl (C=O) groups is 1. The van der Waals surface area contributed by atoms with Crippen LogP contribution in [-0.2, 0) is 21.4 Å². The number of carbonyl (C=O) groups excluding carboxylic acids is 1. The molecule has 0 unspecified atom stereocenters. The van der Waals surface area contributed by atoms with Crippen molar-refractivity contribution in [1.29, 1.82) is 0 Å². The van der Waals surface area contributed by atoms with Crippen molar-refractivity contribution in [3.63, 3.8) is 0 Å². The van der Waals surface area contributed by atoms with Gasteiger partial charge in [0.05, 0.1) is 16.4 Å². The van der Waals surface area contributed by atoms with E-state index in [0.717, 1.165) is 6.20 Å². The molecule has 0 spiro atoms. The van der Waals surface area contributed by atoms with Crippen LogP contribution in [0.25, 0.3) is 0 Å². The number of aromatic nitrogens is 4. The number of aryl methyl sites for hydroxylation is 1. The second-order valence-corrected chi connectivity index (χ2v) is 7.78. The van der Waals surface area contributed by atoms with Crippen LogP contribution in [0.2, 0.25) is 0 Å². The Hall–Kier alpha value is -3.87. The molecule has 30 heavy (non-hydrogen) atoms. The summed E-state index contributed by atoms with van der Waals surface area (Å²) >= 11 is 0. The lowest BCUT2D eigenvalue weighted by Gasteiger charge is -2.09. The van der Waals surface area contributed by atoms with E-state index in [4.69, 9.17) is 0 Å². The molecular weight excluding hydrogens is 414 g/mol. The second kappa shape index (κ2) is 8.65. The fraction of sp³-hybridized carbons (Fsp3) is 0.176. The second-order valence-electron chi connectivity index (χ2n) is 6.10. The molecule has 3 rings (SSSR count). The standard InChI is InChI=1S/C17H17N7O5S/c1-12-15(24(26)27)11-20-23(12)10-7-16(25)21-13-3-5-14(6-4-13)30(28,29)22-17-18-8-2-9-19-17/h2-6,8-9,11H,7,10H2,1H3,(H,21,25)(H,18,19,22). The first kappa shape index (κ1) is 20.9. The van der Waals surface area contributed by atoms with Crippen molar-refractivity contribution in [1.82, 2.24) is 19.7 Å². The van der Waals surface area contributed by atoms with E-state index in [1.807, 2.05) is 0 Å². The SMILES string of the molecule is Cc1c([N+](=O)[O-])cnn1CCC(=O)Nc1ccc(S(=O)(=O)Nc2ncccn2)cc1. The summed E-state index contributed by atoms with van der Waals surface area (Å²) in [4.78, 5) is 30.0. The van der Waals surface area contributed by atoms with Crippen molar-refractivity contribution in [2.75, 3.05) is 10.0 Å². The van der Waals surface area contributed by atoms with Crippen LogP contribution >= 0.6 is 0 Å². The van der Waals surface area contributed by atoms with Crippen LogP contribution in [0.1, 0.15) is 12.1 Å². The highest BCUT2D eigenvalue weighted by Crippen LogP contribution is 2.18. The van der Waals surface area contributed by atoms with E-state index >= 15 is 0 Å². The molecule has 0 aliphatic carbocycles. The van der Waals surface area contributed by atoms with E-state index in [1.165, 1.54) is 41.3 Å². The first-order chi connectivity index (χ1) is 14.3. The highest BCUT2D eigenvalue weighted by Gasteiger charge is 2.17. The number of anilines is 2. The summed E-state index contributed by atoms with van der Waals surface area (Å²) in [5.41, 5.74) is 0.650. The van der Waals surface area contributed by atoms with Crippen LogP contribution in [0.4, 0.5) is 17.3 Å². The van der Waals surface area contributed by atoms with Gasteiger partial charge in [0.15, 0.2) is 0 Å². The Morgan fingerprint density at radius 3 is 2.47 bits per heavy atom. The summed E-state index contributed by atoms with van der Waals surface area (Å²) in [7, 11) is -3.87. The van der Waals surface area contributed by atoms with Crippen molar-refractivity contribution in [2.45, 2.75) is 24.8 Å². The normalized spacial score (nSPS) is 11.1. The van der Waals surface area contributed by atoms with Crippen molar-refractivity contribution < 1.29 is 18.1 Å². The van der Waals surface area contributed by atoms with Gasteiger partial charge in [0.2, 0.25) is 11.9 Å². The molecule has 0 aliphatic rings. The Bertz CT molecular complexity index is 1160. The molecule has 0 aliphatic heterocycles. The number of nitrogens with one attached hydrogen (secondary N) is 2. The molecule has 2 heterocycles. The van der Waals surface area contributed by atoms with E-state index in [9.17, 15) is 23.3 Å². The van der Waals surface area contributed by atoms with Gasteiger partial charge in [0.25, 0.3) is 10.0 Å². The lowest BCUT2D eigenvalue weighted by atomic mass is 10.3. The van der Waals surface area contributed by atoms with E-state index < -0.39 is 14.9 Å². The van der Waals surface area contributed by atoms with E-state index in [2.05, 4.69) is 25.1 Å². The van der Waals surface area contributed by atoms with Crippen molar-refractivity contribution in [3.05, 3.63) is 64.7 Å². The number of hydrogen-bond donors (Lipinski definition) is 2. The number of hydrogen-bond acceptors (Lipinski definition) is 8. The predicted octanol–water partition coefficient (Wildman–Crippen LogP) is 1.72. The predicted molar refractivity (Wildman–Crippen MR) is 106 cm³/mol. The van der Waals surface area contributed by atoms with Gasteiger partial charge >= 0.3 is 5.69 Å². The average Bonchev–Trinajstić information content (AvgIpc) is 3.08. The number of nitrogens with zero attached hydrogens (tertiary/aromatic N) is 5. The van der Waals surface area contributed by atoms with Crippen LogP contribution in [0.5, 0.6) is 0 Å². The molecule has 3 aromatic rings. The Kier molecular flexibility index (Phi) is 6.01. The van der Waals surface area contributed by atoms with Crippen LogP contribution in [-0.4, -0.2) is 39.0 Å². The first-order valence-corrected chi connectivity index (χ1v) is 10.1. The van der Waals surface area contributed by atoms with Crippen LogP contribution < -0.4 is 10.0 Å². The topological polar surface area (TPSA) is 162 Å². The zero-order valence-electron chi connectivity index (χ0n) is 15.7. The summed E-state index contributed by atoms with van der Waals surface area (Å²) in [6.45, 7) is 1.72. The molecule has 2 N–H and O–H groups in total. The number of amides is 1. The molecule has 1 amide bonds. The Morgan fingerprint density at radius 1 is 1.20 bits per heavy atom. The molecule has 0 bridgehead atoms. The minimum Gasteiger partial charge on any atom is -0.326 e. The van der Waals surface area contributed by atoms with Gasteiger partial charge in [-0.1, -0.05) is 0 Å². The first-order valence-electron chi connectivity index (χ1n) is 8.63. The maximum atomic E-state index is 12.3. The minimum atomic E-state index is -3.87. The van der Waals surface area contributed by atoms with E-state index in [1.54, 1.807) is 13.0 Å². The van der Waals surface area contributed by atoms with Gasteiger partial charge in [-0.3, -0.25) is 19.6 Å². The van der Waals surface area contributed by atoms with Gasteiger partial charge in [-0.2, -0.15) is 5.10 Å². The zero-order valence-corrected chi connectivity index (χ0v) is 16.5. The van der Waals surface area contributed by atoms with E-state index in [0.29, 0.717) is 11.4 Å². The summed E-state index contributed by atoms with van der Waals surface area (Å²) in [6.07, 6.45) is 3.99.